The van der Waals surface area contributed by atoms with Crippen LogP contribution in [0.2, 0.25) is 0 Å². The zero-order valence-electron chi connectivity index (χ0n) is 17.4. The Balaban J connectivity index is 2.51. The van der Waals surface area contributed by atoms with E-state index in [4.69, 9.17) is 28.3 Å². The predicted octanol–water partition coefficient (Wildman–Crippen LogP) is 2.99. The first-order valence-corrected chi connectivity index (χ1v) is 8.82. The van der Waals surface area contributed by atoms with Crippen molar-refractivity contribution in [3.63, 3.8) is 0 Å². The van der Waals surface area contributed by atoms with Gasteiger partial charge >= 0.3 is 13.1 Å². The van der Waals surface area contributed by atoms with Gasteiger partial charge in [0, 0.05) is 5.82 Å². The van der Waals surface area contributed by atoms with Gasteiger partial charge in [0.1, 0.15) is 0 Å². The normalized spacial score (nSPS) is 18.7. The molecule has 1 aliphatic rings. The summed E-state index contributed by atoms with van der Waals surface area (Å²) in [4.78, 5) is 12.1. The molecular weight excluding hydrogens is 351 g/mol. The molecule has 0 amide bonds. The van der Waals surface area contributed by atoms with Crippen molar-refractivity contribution in [2.75, 3.05) is 28.4 Å². The maximum absolute atomic E-state index is 12.1. The quantitative estimate of drug-likeness (QED) is 0.532. The van der Waals surface area contributed by atoms with E-state index in [1.54, 1.807) is 33.5 Å². The number of benzene rings is 1. The lowest BCUT2D eigenvalue weighted by atomic mass is 9.66. The fourth-order valence-corrected chi connectivity index (χ4v) is 3.00. The molecule has 2 rings (SSSR count). The van der Waals surface area contributed by atoms with E-state index in [-0.39, 0.29) is 12.4 Å². The van der Waals surface area contributed by atoms with E-state index >= 15 is 0 Å². The summed E-state index contributed by atoms with van der Waals surface area (Å²) in [6, 6.07) is 3.61. The van der Waals surface area contributed by atoms with Crippen molar-refractivity contribution in [2.45, 2.75) is 51.1 Å². The molecule has 0 spiro atoms. The fraction of sp³-hybridized carbons (Fsp3) is 0.632. The number of hydrogen-bond donors (Lipinski definition) is 0. The highest BCUT2D eigenvalue weighted by Gasteiger charge is 2.54. The van der Waals surface area contributed by atoms with Gasteiger partial charge in [-0.2, -0.15) is 0 Å². The van der Waals surface area contributed by atoms with Crippen LogP contribution in [0.5, 0.6) is 17.2 Å². The Bertz CT molecular complexity index is 646. The lowest BCUT2D eigenvalue weighted by Gasteiger charge is -2.32. The molecule has 27 heavy (non-hydrogen) atoms. The second-order valence-electron chi connectivity index (χ2n) is 7.47. The lowest BCUT2D eigenvalue weighted by Crippen LogP contribution is -2.41. The van der Waals surface area contributed by atoms with E-state index in [2.05, 4.69) is 0 Å². The molecule has 1 unspecified atom stereocenters. The van der Waals surface area contributed by atoms with Gasteiger partial charge in [-0.25, -0.2) is 0 Å². The summed E-state index contributed by atoms with van der Waals surface area (Å²) in [5, 5.41) is 0. The summed E-state index contributed by atoms with van der Waals surface area (Å²) in [5.41, 5.74) is -0.271. The van der Waals surface area contributed by atoms with Crippen LogP contribution in [0.15, 0.2) is 12.1 Å². The molecule has 150 valence electrons. The van der Waals surface area contributed by atoms with Gasteiger partial charge in [0.05, 0.1) is 46.1 Å². The van der Waals surface area contributed by atoms with E-state index in [1.807, 2.05) is 27.7 Å². The third-order valence-corrected chi connectivity index (χ3v) is 5.33. The summed E-state index contributed by atoms with van der Waals surface area (Å²) >= 11 is 0. The van der Waals surface area contributed by atoms with Gasteiger partial charge in [-0.3, -0.25) is 4.79 Å². The monoisotopic (exact) mass is 380 g/mol. The summed E-state index contributed by atoms with van der Waals surface area (Å²) in [6.45, 7) is 7.88. The van der Waals surface area contributed by atoms with Gasteiger partial charge in [0.2, 0.25) is 5.75 Å². The van der Waals surface area contributed by atoms with Gasteiger partial charge in [-0.15, -0.1) is 0 Å². The molecule has 8 heteroatoms. The van der Waals surface area contributed by atoms with Crippen LogP contribution in [0, 0.1) is 0 Å². The van der Waals surface area contributed by atoms with Gasteiger partial charge < -0.3 is 28.3 Å². The van der Waals surface area contributed by atoms with Gasteiger partial charge in [0.25, 0.3) is 0 Å². The molecular formula is C19H29BO7. The molecule has 1 heterocycles. The van der Waals surface area contributed by atoms with Crippen molar-refractivity contribution in [2.24, 2.45) is 0 Å². The summed E-state index contributed by atoms with van der Waals surface area (Å²) < 4.78 is 33.5. The highest BCUT2D eigenvalue weighted by molar-refractivity contribution is 6.48. The van der Waals surface area contributed by atoms with E-state index in [0.29, 0.717) is 17.2 Å². The topological polar surface area (TPSA) is 72.5 Å². The van der Waals surface area contributed by atoms with Crippen molar-refractivity contribution in [3.05, 3.63) is 17.7 Å². The SMILES string of the molecule is COC(=O)CC(B1OC(C)(C)C(C)(C)O1)c1cc(OC)c(OC)c(OC)c1. The van der Waals surface area contributed by atoms with Crippen molar-refractivity contribution in [1.29, 1.82) is 0 Å². The van der Waals surface area contributed by atoms with Crippen LogP contribution in [-0.2, 0) is 18.8 Å². The van der Waals surface area contributed by atoms with Crippen molar-refractivity contribution < 1.29 is 33.1 Å². The Kier molecular flexibility index (Phi) is 6.32. The molecule has 7 nitrogen and oxygen atoms in total. The van der Waals surface area contributed by atoms with Crippen LogP contribution in [0.1, 0.15) is 45.5 Å². The van der Waals surface area contributed by atoms with Crippen LogP contribution in [0.4, 0.5) is 0 Å². The molecule has 0 saturated carbocycles. The number of rotatable bonds is 7. The molecule has 1 saturated heterocycles. The van der Waals surface area contributed by atoms with Crippen LogP contribution < -0.4 is 14.2 Å². The van der Waals surface area contributed by atoms with E-state index in [0.717, 1.165) is 5.56 Å². The van der Waals surface area contributed by atoms with Crippen molar-refractivity contribution in [1.82, 2.24) is 0 Å². The number of esters is 1. The highest BCUT2D eigenvalue weighted by Crippen LogP contribution is 2.45. The van der Waals surface area contributed by atoms with Crippen LogP contribution in [0.25, 0.3) is 0 Å². The smallest absolute Gasteiger partial charge is 0.466 e. The number of carbonyl (C=O) groups excluding carboxylic acids is 1. The standard InChI is InChI=1S/C19H29BO7/c1-18(2)19(3,4)27-20(26-18)13(11-16(21)24-7)12-9-14(22-5)17(25-8)15(10-12)23-6/h9-10,13H,11H2,1-8H3. The number of carbonyl (C=O) groups is 1. The zero-order chi connectivity index (χ0) is 20.4. The van der Waals surface area contributed by atoms with E-state index < -0.39 is 24.1 Å². The molecule has 1 aromatic carbocycles. The Morgan fingerprint density at radius 1 is 0.963 bits per heavy atom. The first-order chi connectivity index (χ1) is 12.6. The van der Waals surface area contributed by atoms with Crippen LogP contribution in [0.3, 0.4) is 0 Å². The summed E-state index contributed by atoms with van der Waals surface area (Å²) in [5.74, 6) is 0.710. The molecule has 0 aromatic heterocycles. The predicted molar refractivity (Wildman–Crippen MR) is 102 cm³/mol. The second-order valence-corrected chi connectivity index (χ2v) is 7.47. The molecule has 0 aliphatic carbocycles. The molecule has 0 bridgehead atoms. The molecule has 1 aromatic rings. The maximum atomic E-state index is 12.1. The summed E-state index contributed by atoms with van der Waals surface area (Å²) in [7, 11) is 5.37. The average molecular weight is 380 g/mol. The van der Waals surface area contributed by atoms with Gasteiger partial charge in [-0.05, 0) is 45.4 Å². The molecule has 1 fully saturated rings. The second kappa shape index (κ2) is 7.98. The largest absolute Gasteiger partial charge is 0.493 e. The van der Waals surface area contributed by atoms with Gasteiger partial charge in [-0.1, -0.05) is 0 Å². The Morgan fingerprint density at radius 2 is 1.44 bits per heavy atom. The van der Waals surface area contributed by atoms with Crippen LogP contribution >= 0.6 is 0 Å². The first-order valence-electron chi connectivity index (χ1n) is 8.82. The van der Waals surface area contributed by atoms with Crippen LogP contribution in [-0.4, -0.2) is 52.7 Å². The third kappa shape index (κ3) is 4.16. The lowest BCUT2D eigenvalue weighted by molar-refractivity contribution is -0.140. The minimum absolute atomic E-state index is 0.0893. The Hall–Kier alpha value is -1.93. The van der Waals surface area contributed by atoms with Crippen molar-refractivity contribution >= 4 is 13.1 Å². The molecule has 1 atom stereocenters. The van der Waals surface area contributed by atoms with Crippen molar-refractivity contribution in [3.8, 4) is 17.2 Å². The molecule has 0 radical (unpaired) electrons. The third-order valence-electron chi connectivity index (χ3n) is 5.33. The zero-order valence-corrected chi connectivity index (χ0v) is 17.4. The highest BCUT2D eigenvalue weighted by atomic mass is 16.7. The minimum atomic E-state index is -0.628. The van der Waals surface area contributed by atoms with E-state index in [1.165, 1.54) is 7.11 Å². The number of methoxy groups -OCH3 is 4. The minimum Gasteiger partial charge on any atom is -0.493 e. The average Bonchev–Trinajstić information content (AvgIpc) is 2.85. The van der Waals surface area contributed by atoms with Gasteiger partial charge in [0.15, 0.2) is 11.5 Å². The maximum Gasteiger partial charge on any atom is 0.466 e. The Morgan fingerprint density at radius 3 is 1.81 bits per heavy atom. The number of ether oxygens (including phenoxy) is 4. The van der Waals surface area contributed by atoms with E-state index in [9.17, 15) is 4.79 Å². The number of hydrogen-bond acceptors (Lipinski definition) is 7. The molecule has 0 N–H and O–H groups in total. The molecule has 1 aliphatic heterocycles. The fourth-order valence-electron chi connectivity index (χ4n) is 3.00. The first kappa shape index (κ1) is 21.4. The summed E-state index contributed by atoms with van der Waals surface area (Å²) in [6.07, 6.45) is 0.0893. The Labute approximate surface area is 161 Å².